The molecule has 0 N–H and O–H groups in total. The van der Waals surface area contributed by atoms with Crippen LogP contribution in [0.3, 0.4) is 0 Å². The van der Waals surface area contributed by atoms with E-state index in [1.165, 1.54) is 16.7 Å². The number of hydrogen-bond donors (Lipinski definition) is 0. The Labute approximate surface area is 197 Å². The summed E-state index contributed by atoms with van der Waals surface area (Å²) in [5.74, 6) is 0.0977. The van der Waals surface area contributed by atoms with Crippen molar-refractivity contribution < 1.29 is 8.81 Å². The van der Waals surface area contributed by atoms with Gasteiger partial charge in [-0.2, -0.15) is 9.97 Å². The van der Waals surface area contributed by atoms with E-state index in [1.807, 2.05) is 36.7 Å². The van der Waals surface area contributed by atoms with E-state index in [-0.39, 0.29) is 28.3 Å². The first-order valence-electron chi connectivity index (χ1n) is 10.8. The molecule has 1 fully saturated rings. The van der Waals surface area contributed by atoms with Gasteiger partial charge in [0.05, 0.1) is 5.02 Å². The Morgan fingerprint density at radius 2 is 1.82 bits per heavy atom. The van der Waals surface area contributed by atoms with Crippen molar-refractivity contribution in [3.63, 3.8) is 0 Å². The molecular weight excluding hydrogens is 459 g/mol. The molecule has 0 unspecified atom stereocenters. The Kier molecular flexibility index (Phi) is 4.63. The van der Waals surface area contributed by atoms with Crippen molar-refractivity contribution in [2.75, 3.05) is 0 Å². The number of oxazole rings is 1. The summed E-state index contributed by atoms with van der Waals surface area (Å²) in [6.07, 6.45) is 5.75. The average Bonchev–Trinajstić information content (AvgIpc) is 3.40. The molecule has 8 nitrogen and oxygen atoms in total. The Morgan fingerprint density at radius 1 is 1.06 bits per heavy atom. The second kappa shape index (κ2) is 7.59. The van der Waals surface area contributed by atoms with E-state index in [4.69, 9.17) is 16.0 Å². The fourth-order valence-electron chi connectivity index (χ4n) is 4.03. The topological polar surface area (TPSA) is 91.6 Å². The molecule has 1 aliphatic carbocycles. The Balaban J connectivity index is 1.58. The van der Waals surface area contributed by atoms with E-state index in [0.717, 1.165) is 29.6 Å². The summed E-state index contributed by atoms with van der Waals surface area (Å²) in [6, 6.07) is 8.38. The van der Waals surface area contributed by atoms with Crippen molar-refractivity contribution >= 4 is 22.6 Å². The largest absolute Gasteiger partial charge is 0.431 e. The maximum absolute atomic E-state index is 14.3. The summed E-state index contributed by atoms with van der Waals surface area (Å²) < 4.78 is 23.7. The zero-order valence-electron chi connectivity index (χ0n) is 18.3. The highest BCUT2D eigenvalue weighted by molar-refractivity contribution is 6.30. The van der Waals surface area contributed by atoms with Gasteiger partial charge < -0.3 is 8.98 Å². The second-order valence-electron chi connectivity index (χ2n) is 8.40. The van der Waals surface area contributed by atoms with Crippen LogP contribution in [0.4, 0.5) is 4.39 Å². The quantitative estimate of drug-likeness (QED) is 0.360. The number of benzene rings is 1. The van der Waals surface area contributed by atoms with Gasteiger partial charge in [-0.15, -0.1) is 0 Å². The lowest BCUT2D eigenvalue weighted by Gasteiger charge is -2.06. The van der Waals surface area contributed by atoms with Crippen LogP contribution in [0, 0.1) is 19.7 Å². The molecule has 1 aliphatic rings. The highest BCUT2D eigenvalue weighted by Gasteiger charge is 2.26. The lowest BCUT2D eigenvalue weighted by Crippen LogP contribution is -2.22. The molecule has 34 heavy (non-hydrogen) atoms. The number of rotatable bonds is 4. The van der Waals surface area contributed by atoms with Crippen LogP contribution in [0.2, 0.25) is 5.02 Å². The Hall–Kier alpha value is -3.85. The minimum absolute atomic E-state index is 0.0237. The smallest absolute Gasteiger partial charge is 0.355 e. The molecule has 6 rings (SSSR count). The van der Waals surface area contributed by atoms with Gasteiger partial charge in [-0.05, 0) is 57.0 Å². The molecule has 0 spiro atoms. The minimum atomic E-state index is -0.617. The van der Waals surface area contributed by atoms with Crippen molar-refractivity contribution in [1.29, 1.82) is 0 Å². The van der Waals surface area contributed by atoms with E-state index in [0.29, 0.717) is 17.3 Å². The van der Waals surface area contributed by atoms with Crippen molar-refractivity contribution in [2.24, 2.45) is 0 Å². The summed E-state index contributed by atoms with van der Waals surface area (Å²) in [5, 5.41) is 0.760. The second-order valence-corrected chi connectivity index (χ2v) is 8.81. The molecule has 0 aliphatic heterocycles. The molecule has 4 aromatic heterocycles. The number of nitrogens with zero attached hydrogens (tertiary/aromatic N) is 6. The fraction of sp³-hybridized carbons (Fsp3) is 0.208. The van der Waals surface area contributed by atoms with Crippen LogP contribution in [-0.2, 0) is 0 Å². The first-order valence-corrected chi connectivity index (χ1v) is 11.1. The standard InChI is InChI=1S/C24H18ClFN6O2/c1-12-9-13(2)28-20(27-12)23-29-22(19(34-23)14-3-6-17(25)18(26)10-14)32-11-15-7-8-31(16-4-5-16)21(15)30-24(32)33/h3,6-11,16H,4-5H2,1-2H3. The SMILES string of the molecule is Cc1cc(C)nc(-c2nc(-n3cc4ccn(C5CC5)c4nc3=O)c(-c3ccc(Cl)c(F)c3)o2)n1. The number of fused-ring (bicyclic) bond motifs is 1. The molecule has 170 valence electrons. The maximum atomic E-state index is 14.3. The molecule has 0 radical (unpaired) electrons. The maximum Gasteiger partial charge on any atom is 0.355 e. The van der Waals surface area contributed by atoms with Crippen molar-refractivity contribution in [2.45, 2.75) is 32.7 Å². The lowest BCUT2D eigenvalue weighted by molar-refractivity contribution is 0.579. The van der Waals surface area contributed by atoms with Crippen molar-refractivity contribution in [1.82, 2.24) is 29.1 Å². The number of hydrogen-bond acceptors (Lipinski definition) is 6. The van der Waals surface area contributed by atoms with Crippen LogP contribution in [0.15, 0.2) is 51.9 Å². The van der Waals surface area contributed by atoms with Crippen LogP contribution in [0.5, 0.6) is 0 Å². The van der Waals surface area contributed by atoms with Crippen LogP contribution in [0.1, 0.15) is 30.3 Å². The van der Waals surface area contributed by atoms with Crippen molar-refractivity contribution in [3.05, 3.63) is 75.4 Å². The van der Waals surface area contributed by atoms with Gasteiger partial charge in [0.1, 0.15) is 11.5 Å². The zero-order chi connectivity index (χ0) is 23.6. The molecular formula is C24H18ClFN6O2. The number of aryl methyl sites for hydroxylation is 2. The van der Waals surface area contributed by atoms with E-state index >= 15 is 0 Å². The van der Waals surface area contributed by atoms with Gasteiger partial charge in [0, 0.05) is 40.8 Å². The average molecular weight is 477 g/mol. The van der Waals surface area contributed by atoms with E-state index < -0.39 is 11.5 Å². The van der Waals surface area contributed by atoms with Gasteiger partial charge in [-0.3, -0.25) is 0 Å². The molecule has 1 saturated carbocycles. The predicted octanol–water partition coefficient (Wildman–Crippen LogP) is 5.04. The predicted molar refractivity (Wildman–Crippen MR) is 125 cm³/mol. The van der Waals surface area contributed by atoms with Crippen LogP contribution >= 0.6 is 11.6 Å². The van der Waals surface area contributed by atoms with Crippen molar-refractivity contribution in [3.8, 4) is 28.9 Å². The summed E-state index contributed by atoms with van der Waals surface area (Å²) in [4.78, 5) is 30.8. The molecule has 4 heterocycles. The number of aromatic nitrogens is 6. The highest BCUT2D eigenvalue weighted by Crippen LogP contribution is 2.37. The van der Waals surface area contributed by atoms with Gasteiger partial charge in [0.25, 0.3) is 5.89 Å². The third kappa shape index (κ3) is 3.49. The van der Waals surface area contributed by atoms with E-state index in [9.17, 15) is 9.18 Å². The Morgan fingerprint density at radius 3 is 2.53 bits per heavy atom. The van der Waals surface area contributed by atoms with Crippen LogP contribution < -0.4 is 5.69 Å². The first kappa shape index (κ1) is 20.7. The normalized spacial score (nSPS) is 13.6. The molecule has 1 aromatic carbocycles. The lowest BCUT2D eigenvalue weighted by atomic mass is 10.1. The molecule has 0 atom stereocenters. The summed E-state index contributed by atoms with van der Waals surface area (Å²) in [5.41, 5.74) is 1.95. The monoisotopic (exact) mass is 476 g/mol. The highest BCUT2D eigenvalue weighted by atomic mass is 35.5. The first-order chi connectivity index (χ1) is 16.4. The molecule has 0 bridgehead atoms. The summed E-state index contributed by atoms with van der Waals surface area (Å²) >= 11 is 5.88. The van der Waals surface area contributed by atoms with Gasteiger partial charge >= 0.3 is 5.69 Å². The minimum Gasteiger partial charge on any atom is -0.431 e. The molecule has 5 aromatic rings. The van der Waals surface area contributed by atoms with E-state index in [1.54, 1.807) is 12.3 Å². The van der Waals surface area contributed by atoms with Crippen LogP contribution in [-0.4, -0.2) is 29.1 Å². The molecule has 0 amide bonds. The molecule has 10 heteroatoms. The van der Waals surface area contributed by atoms with Crippen LogP contribution in [0.25, 0.3) is 39.9 Å². The van der Waals surface area contributed by atoms with E-state index in [2.05, 4.69) is 19.9 Å². The summed E-state index contributed by atoms with van der Waals surface area (Å²) in [7, 11) is 0. The Bertz CT molecular complexity index is 1630. The zero-order valence-corrected chi connectivity index (χ0v) is 19.0. The summed E-state index contributed by atoms with van der Waals surface area (Å²) in [6.45, 7) is 3.68. The fourth-order valence-corrected chi connectivity index (χ4v) is 4.15. The van der Waals surface area contributed by atoms with Gasteiger partial charge in [-0.25, -0.2) is 23.7 Å². The van der Waals surface area contributed by atoms with Gasteiger partial charge in [0.15, 0.2) is 11.6 Å². The van der Waals surface area contributed by atoms with Gasteiger partial charge in [-0.1, -0.05) is 11.6 Å². The third-order valence-electron chi connectivity index (χ3n) is 5.73. The third-order valence-corrected chi connectivity index (χ3v) is 6.03. The molecule has 0 saturated heterocycles. The number of halogens is 2. The van der Waals surface area contributed by atoms with Gasteiger partial charge in [0.2, 0.25) is 5.82 Å².